The molecule has 1 aromatic carbocycles. The van der Waals surface area contributed by atoms with Crippen LogP contribution in [0.4, 0.5) is 0 Å². The van der Waals surface area contributed by atoms with Gasteiger partial charge in [0, 0.05) is 17.0 Å². The lowest BCUT2D eigenvalue weighted by atomic mass is 9.86. The number of hydrogen-bond donors (Lipinski definition) is 2. The smallest absolute Gasteiger partial charge is 0.144 e. The normalized spacial score (nSPS) is 22.2. The fourth-order valence-corrected chi connectivity index (χ4v) is 4.11. The van der Waals surface area contributed by atoms with Crippen molar-refractivity contribution in [3.05, 3.63) is 41.2 Å². The zero-order chi connectivity index (χ0) is 17.5. The van der Waals surface area contributed by atoms with Crippen LogP contribution in [-0.4, -0.2) is 34.3 Å². The number of hydrogen-bond acceptors (Lipinski definition) is 5. The number of fused-ring (bicyclic) bond motifs is 5. The van der Waals surface area contributed by atoms with Crippen LogP contribution >= 0.6 is 0 Å². The molecule has 2 N–H and O–H groups in total. The number of nitrogens with one attached hydrogen (secondary N) is 2. The lowest BCUT2D eigenvalue weighted by Gasteiger charge is -2.20. The molecule has 0 radical (unpaired) electrons. The van der Waals surface area contributed by atoms with Gasteiger partial charge < -0.3 is 0 Å². The molecule has 6 nitrogen and oxygen atoms in total. The van der Waals surface area contributed by atoms with Crippen molar-refractivity contribution in [3.8, 4) is 0 Å². The number of aromatic amines is 1. The molecule has 26 heavy (non-hydrogen) atoms. The van der Waals surface area contributed by atoms with Crippen molar-refractivity contribution in [2.75, 3.05) is 0 Å². The van der Waals surface area contributed by atoms with Crippen molar-refractivity contribution in [2.24, 2.45) is 16.0 Å². The van der Waals surface area contributed by atoms with Gasteiger partial charge in [0.2, 0.25) is 0 Å². The second-order valence-electron chi connectivity index (χ2n) is 6.92. The van der Waals surface area contributed by atoms with Gasteiger partial charge in [0.1, 0.15) is 6.17 Å². The third kappa shape index (κ3) is 2.33. The maximum atomic E-state index is 4.99. The lowest BCUT2D eigenvalue weighted by molar-refractivity contribution is 0.556. The fourth-order valence-electron chi connectivity index (χ4n) is 4.11. The molecule has 2 aromatic heterocycles. The summed E-state index contributed by atoms with van der Waals surface area (Å²) in [7, 11) is 0. The molecule has 6 heteroatoms. The highest BCUT2D eigenvalue weighted by molar-refractivity contribution is 6.07. The van der Waals surface area contributed by atoms with E-state index in [1.54, 1.807) is 0 Å². The molecule has 0 fully saturated rings. The van der Waals surface area contributed by atoms with Gasteiger partial charge in [-0.25, -0.2) is 4.98 Å². The highest BCUT2D eigenvalue weighted by Gasteiger charge is 2.22. The Bertz CT molecular complexity index is 1060. The molecule has 5 rings (SSSR count). The molecule has 2 aliphatic rings. The summed E-state index contributed by atoms with van der Waals surface area (Å²) in [6.45, 7) is 3.63. The van der Waals surface area contributed by atoms with E-state index < -0.39 is 0 Å². The molecule has 0 amide bonds. The summed E-state index contributed by atoms with van der Waals surface area (Å²) in [6.07, 6.45) is 12.6. The van der Waals surface area contributed by atoms with E-state index in [0.717, 1.165) is 29.6 Å². The summed E-state index contributed by atoms with van der Waals surface area (Å²) in [5, 5.41) is 13.8. The van der Waals surface area contributed by atoms with Crippen molar-refractivity contribution in [2.45, 2.75) is 31.8 Å². The maximum Gasteiger partial charge on any atom is 0.144 e. The van der Waals surface area contributed by atoms with Gasteiger partial charge in [-0.05, 0) is 61.7 Å². The lowest BCUT2D eigenvalue weighted by Crippen LogP contribution is -2.23. The summed E-state index contributed by atoms with van der Waals surface area (Å²) in [6, 6.07) is 4.15. The summed E-state index contributed by atoms with van der Waals surface area (Å²) in [5.74, 6) is 0.112. The summed E-state index contributed by atoms with van der Waals surface area (Å²) in [5.41, 5.74) is 8.95. The Labute approximate surface area is 151 Å². The van der Waals surface area contributed by atoms with Crippen molar-refractivity contribution in [1.29, 1.82) is 0 Å². The third-order valence-electron chi connectivity index (χ3n) is 5.41. The second-order valence-corrected chi connectivity index (χ2v) is 6.92. The first-order valence-electron chi connectivity index (χ1n) is 9.05. The second kappa shape index (κ2) is 6.05. The minimum absolute atomic E-state index is 0.0897. The molecule has 3 heterocycles. The molecule has 1 aliphatic carbocycles. The number of aliphatic imine (C=N–C) groups is 1. The topological polar surface area (TPSA) is 78.3 Å². The zero-order valence-corrected chi connectivity index (χ0v) is 14.4. The Hall–Kier alpha value is -3.02. The van der Waals surface area contributed by atoms with Crippen LogP contribution in [0.3, 0.4) is 0 Å². The first-order chi connectivity index (χ1) is 12.8. The van der Waals surface area contributed by atoms with Crippen LogP contribution in [-0.2, 0) is 12.8 Å². The molecule has 0 saturated heterocycles. The van der Waals surface area contributed by atoms with Crippen LogP contribution in [0.1, 0.15) is 29.7 Å². The van der Waals surface area contributed by atoms with E-state index in [4.69, 9.17) is 4.98 Å². The Balaban J connectivity index is 1.67. The van der Waals surface area contributed by atoms with Crippen LogP contribution in [0.5, 0.6) is 0 Å². The SMILES string of the molecule is C=NC1NN=CC1/C=C/c1nc2ccc3[nH]ncc3c2c2c1CCCC2. The molecule has 130 valence electrons. The maximum absolute atomic E-state index is 4.99. The van der Waals surface area contributed by atoms with Crippen LogP contribution < -0.4 is 5.43 Å². The minimum Gasteiger partial charge on any atom is -0.285 e. The van der Waals surface area contributed by atoms with E-state index in [1.807, 2.05) is 12.4 Å². The van der Waals surface area contributed by atoms with Crippen molar-refractivity contribution in [3.63, 3.8) is 0 Å². The number of rotatable bonds is 3. The largest absolute Gasteiger partial charge is 0.285 e. The molecule has 0 spiro atoms. The number of benzene rings is 1. The average molecular weight is 344 g/mol. The molecular weight excluding hydrogens is 324 g/mol. The van der Waals surface area contributed by atoms with Gasteiger partial charge in [0.25, 0.3) is 0 Å². The van der Waals surface area contributed by atoms with Crippen LogP contribution in [0, 0.1) is 5.92 Å². The van der Waals surface area contributed by atoms with Crippen LogP contribution in [0.15, 0.2) is 34.5 Å². The van der Waals surface area contributed by atoms with Gasteiger partial charge in [0.15, 0.2) is 0 Å². The fraction of sp³-hybridized carbons (Fsp3) is 0.300. The number of hydrazone groups is 1. The van der Waals surface area contributed by atoms with Gasteiger partial charge in [-0.15, -0.1) is 0 Å². The van der Waals surface area contributed by atoms with Crippen molar-refractivity contribution >= 4 is 40.8 Å². The predicted molar refractivity (Wildman–Crippen MR) is 106 cm³/mol. The number of aromatic nitrogens is 3. The summed E-state index contributed by atoms with van der Waals surface area (Å²) < 4.78 is 0. The average Bonchev–Trinajstić information content (AvgIpc) is 3.34. The molecule has 3 aromatic rings. The standard InChI is InChI=1S/C20H20N6/c1-21-20-12(10-22-26-20)6-7-16-13-4-2-3-5-14(13)19-15-11-23-25-17(15)8-9-18(19)24-16/h6-12,20,26H,1-5H2,(H,23,25)/b7-6+. The van der Waals surface area contributed by atoms with E-state index in [1.165, 1.54) is 34.7 Å². The van der Waals surface area contributed by atoms with Crippen LogP contribution in [0.2, 0.25) is 0 Å². The van der Waals surface area contributed by atoms with Crippen molar-refractivity contribution in [1.82, 2.24) is 20.6 Å². The molecule has 0 bridgehead atoms. The van der Waals surface area contributed by atoms with Gasteiger partial charge in [0.05, 0.1) is 28.8 Å². The first-order valence-corrected chi connectivity index (χ1v) is 9.05. The summed E-state index contributed by atoms with van der Waals surface area (Å²) >= 11 is 0. The van der Waals surface area contributed by atoms with Gasteiger partial charge in [-0.2, -0.15) is 10.2 Å². The Morgan fingerprint density at radius 2 is 2.08 bits per heavy atom. The molecule has 2 atom stereocenters. The predicted octanol–water partition coefficient (Wildman–Crippen LogP) is 3.24. The van der Waals surface area contributed by atoms with Crippen LogP contribution in [0.25, 0.3) is 27.9 Å². The molecule has 0 saturated carbocycles. The highest BCUT2D eigenvalue weighted by Crippen LogP contribution is 2.34. The van der Waals surface area contributed by atoms with Crippen molar-refractivity contribution < 1.29 is 0 Å². The Morgan fingerprint density at radius 1 is 1.19 bits per heavy atom. The first kappa shape index (κ1) is 15.3. The van der Waals surface area contributed by atoms with E-state index in [2.05, 4.69) is 56.7 Å². The molecule has 1 aliphatic heterocycles. The highest BCUT2D eigenvalue weighted by atomic mass is 15.4. The number of pyridine rings is 1. The van der Waals surface area contributed by atoms with Gasteiger partial charge in [-0.3, -0.25) is 15.5 Å². The Kier molecular flexibility index (Phi) is 3.55. The number of nitrogens with zero attached hydrogens (tertiary/aromatic N) is 4. The monoisotopic (exact) mass is 344 g/mol. The van der Waals surface area contributed by atoms with E-state index in [9.17, 15) is 0 Å². The van der Waals surface area contributed by atoms with Gasteiger partial charge in [-0.1, -0.05) is 6.08 Å². The minimum atomic E-state index is -0.0897. The summed E-state index contributed by atoms with van der Waals surface area (Å²) in [4.78, 5) is 9.07. The van der Waals surface area contributed by atoms with E-state index in [0.29, 0.717) is 0 Å². The number of H-pyrrole nitrogens is 1. The zero-order valence-electron chi connectivity index (χ0n) is 14.4. The van der Waals surface area contributed by atoms with E-state index in [-0.39, 0.29) is 12.1 Å². The van der Waals surface area contributed by atoms with E-state index >= 15 is 0 Å². The molecule has 2 unspecified atom stereocenters. The third-order valence-corrected chi connectivity index (χ3v) is 5.41. The number of aryl methyl sites for hydroxylation is 1. The molecular formula is C20H20N6. The van der Waals surface area contributed by atoms with Gasteiger partial charge >= 0.3 is 0 Å². The quantitative estimate of drug-likeness (QED) is 0.716. The Morgan fingerprint density at radius 3 is 2.96 bits per heavy atom.